The number of halogens is 1. The van der Waals surface area contributed by atoms with E-state index in [1.54, 1.807) is 54.6 Å². The quantitative estimate of drug-likeness (QED) is 0.0871. The van der Waals surface area contributed by atoms with Crippen molar-refractivity contribution in [3.8, 4) is 17.2 Å². The maximum absolute atomic E-state index is 12.6. The summed E-state index contributed by atoms with van der Waals surface area (Å²) in [6.07, 6.45) is 3.51. The van der Waals surface area contributed by atoms with E-state index in [2.05, 4.69) is 40.0 Å². The van der Waals surface area contributed by atoms with Crippen LogP contribution in [0.2, 0.25) is 0 Å². The highest BCUT2D eigenvalue weighted by atomic mass is 127. The van der Waals surface area contributed by atoms with Crippen molar-refractivity contribution in [2.24, 2.45) is 5.10 Å². The fourth-order valence-electron chi connectivity index (χ4n) is 2.90. The number of unbranched alkanes of at least 4 members (excludes halogenated alkanes) is 1. The fourth-order valence-corrected chi connectivity index (χ4v) is 3.53. The molecule has 0 unspecified atom stereocenters. The minimum Gasteiger partial charge on any atom is -0.494 e. The Hall–Kier alpha value is -3.40. The first kappa shape index (κ1) is 25.2. The number of rotatable bonds is 10. The van der Waals surface area contributed by atoms with Crippen LogP contribution in [0, 0.1) is 3.57 Å². The zero-order valence-corrected chi connectivity index (χ0v) is 21.1. The Labute approximate surface area is 212 Å². The van der Waals surface area contributed by atoms with Crippen LogP contribution in [0.5, 0.6) is 17.2 Å². The molecule has 3 rings (SSSR count). The molecular formula is C26H25IN2O5. The molecular weight excluding hydrogens is 547 g/mol. The fraction of sp³-hybridized carbons (Fsp3) is 0.192. The van der Waals surface area contributed by atoms with Gasteiger partial charge in [0.25, 0.3) is 5.91 Å². The van der Waals surface area contributed by atoms with Crippen molar-refractivity contribution in [2.45, 2.75) is 19.8 Å². The smallest absolute Gasteiger partial charge is 0.343 e. The molecule has 8 heteroatoms. The van der Waals surface area contributed by atoms with Crippen molar-refractivity contribution in [1.82, 2.24) is 5.43 Å². The molecule has 0 heterocycles. The van der Waals surface area contributed by atoms with Gasteiger partial charge in [0.05, 0.1) is 31.1 Å². The minimum atomic E-state index is -0.510. The Morgan fingerprint density at radius 2 is 1.79 bits per heavy atom. The summed E-state index contributed by atoms with van der Waals surface area (Å²) in [4.78, 5) is 24.8. The number of nitrogens with zero attached hydrogens (tertiary/aromatic N) is 1. The molecule has 0 aromatic heterocycles. The van der Waals surface area contributed by atoms with Gasteiger partial charge < -0.3 is 14.2 Å². The van der Waals surface area contributed by atoms with Crippen LogP contribution in [0.1, 0.15) is 46.0 Å². The van der Waals surface area contributed by atoms with Gasteiger partial charge in [-0.2, -0.15) is 5.10 Å². The average Bonchev–Trinajstić information content (AvgIpc) is 2.85. The lowest BCUT2D eigenvalue weighted by atomic mass is 10.2. The number of ether oxygens (including phenoxy) is 3. The molecule has 34 heavy (non-hydrogen) atoms. The summed E-state index contributed by atoms with van der Waals surface area (Å²) in [6.45, 7) is 2.74. The van der Waals surface area contributed by atoms with E-state index in [-0.39, 0.29) is 11.7 Å². The van der Waals surface area contributed by atoms with Gasteiger partial charge in [-0.15, -0.1) is 0 Å². The monoisotopic (exact) mass is 572 g/mol. The third-order valence-electron chi connectivity index (χ3n) is 4.75. The summed E-state index contributed by atoms with van der Waals surface area (Å²) < 4.78 is 17.3. The Morgan fingerprint density at radius 3 is 2.50 bits per heavy atom. The van der Waals surface area contributed by atoms with Crippen LogP contribution in [0.25, 0.3) is 0 Å². The van der Waals surface area contributed by atoms with Gasteiger partial charge >= 0.3 is 5.97 Å². The molecule has 0 aliphatic carbocycles. The van der Waals surface area contributed by atoms with E-state index in [1.165, 1.54) is 13.3 Å². The van der Waals surface area contributed by atoms with Crippen molar-refractivity contribution in [3.05, 3.63) is 87.0 Å². The lowest BCUT2D eigenvalue weighted by Crippen LogP contribution is -2.18. The van der Waals surface area contributed by atoms with Crippen molar-refractivity contribution in [1.29, 1.82) is 0 Å². The number of hydrazone groups is 1. The molecule has 3 aromatic rings. The summed E-state index contributed by atoms with van der Waals surface area (Å²) >= 11 is 2.10. The number of carbonyl (C=O) groups is 2. The molecule has 0 fully saturated rings. The van der Waals surface area contributed by atoms with Crippen LogP contribution in [0.15, 0.2) is 71.8 Å². The summed E-state index contributed by atoms with van der Waals surface area (Å²) in [5.41, 5.74) is 4.10. The van der Waals surface area contributed by atoms with Gasteiger partial charge in [-0.3, -0.25) is 4.79 Å². The average molecular weight is 572 g/mol. The number of benzene rings is 3. The molecule has 0 atom stereocenters. The highest BCUT2D eigenvalue weighted by molar-refractivity contribution is 14.1. The number of amides is 1. The van der Waals surface area contributed by atoms with E-state index in [1.807, 2.05) is 12.1 Å². The Morgan fingerprint density at radius 1 is 1.03 bits per heavy atom. The number of hydrogen-bond donors (Lipinski definition) is 1. The molecule has 0 aliphatic heterocycles. The van der Waals surface area contributed by atoms with Crippen LogP contribution in [0.3, 0.4) is 0 Å². The molecule has 3 aromatic carbocycles. The van der Waals surface area contributed by atoms with E-state index in [4.69, 9.17) is 14.2 Å². The second kappa shape index (κ2) is 12.7. The van der Waals surface area contributed by atoms with Gasteiger partial charge in [0.2, 0.25) is 0 Å². The Kier molecular flexibility index (Phi) is 9.45. The molecule has 1 amide bonds. The Bertz CT molecular complexity index is 1160. The van der Waals surface area contributed by atoms with Crippen LogP contribution in [-0.2, 0) is 0 Å². The molecule has 0 radical (unpaired) electrons. The van der Waals surface area contributed by atoms with Gasteiger partial charge in [-0.25, -0.2) is 10.2 Å². The van der Waals surface area contributed by atoms with E-state index >= 15 is 0 Å². The first-order valence-corrected chi connectivity index (χ1v) is 11.8. The van der Waals surface area contributed by atoms with E-state index in [0.717, 1.165) is 16.4 Å². The van der Waals surface area contributed by atoms with Crippen molar-refractivity contribution in [2.75, 3.05) is 13.7 Å². The first-order chi connectivity index (χ1) is 16.5. The maximum Gasteiger partial charge on any atom is 0.343 e. The molecule has 7 nitrogen and oxygen atoms in total. The van der Waals surface area contributed by atoms with Crippen LogP contribution in [-0.4, -0.2) is 31.8 Å². The topological polar surface area (TPSA) is 86.2 Å². The summed E-state index contributed by atoms with van der Waals surface area (Å²) in [5, 5.41) is 4.00. The summed E-state index contributed by atoms with van der Waals surface area (Å²) in [7, 11) is 1.48. The van der Waals surface area contributed by atoms with Crippen molar-refractivity contribution >= 4 is 40.7 Å². The van der Waals surface area contributed by atoms with Gasteiger partial charge in [0.1, 0.15) is 5.75 Å². The second-order valence-corrected chi connectivity index (χ2v) is 8.37. The predicted molar refractivity (Wildman–Crippen MR) is 139 cm³/mol. The van der Waals surface area contributed by atoms with Gasteiger partial charge in [-0.1, -0.05) is 25.5 Å². The zero-order chi connectivity index (χ0) is 24.3. The minimum absolute atomic E-state index is 0.274. The largest absolute Gasteiger partial charge is 0.494 e. The summed E-state index contributed by atoms with van der Waals surface area (Å²) in [6, 6.07) is 19.0. The lowest BCUT2D eigenvalue weighted by molar-refractivity contribution is 0.0729. The third-order valence-corrected chi connectivity index (χ3v) is 5.69. The third kappa shape index (κ3) is 7.05. The second-order valence-electron chi connectivity index (χ2n) is 7.21. The molecule has 0 saturated heterocycles. The molecule has 0 bridgehead atoms. The highest BCUT2D eigenvalue weighted by Crippen LogP contribution is 2.28. The van der Waals surface area contributed by atoms with Crippen LogP contribution < -0.4 is 19.6 Å². The number of carbonyl (C=O) groups excluding carboxylic acids is 2. The molecule has 176 valence electrons. The lowest BCUT2D eigenvalue weighted by Gasteiger charge is -2.10. The predicted octanol–water partition coefficient (Wildman–Crippen LogP) is 5.46. The first-order valence-electron chi connectivity index (χ1n) is 10.7. The van der Waals surface area contributed by atoms with Gasteiger partial charge in [-0.05, 0) is 89.2 Å². The zero-order valence-electron chi connectivity index (χ0n) is 18.9. The normalized spacial score (nSPS) is 10.7. The van der Waals surface area contributed by atoms with Crippen molar-refractivity contribution in [3.63, 3.8) is 0 Å². The van der Waals surface area contributed by atoms with Crippen LogP contribution >= 0.6 is 22.6 Å². The van der Waals surface area contributed by atoms with E-state index in [0.29, 0.717) is 34.8 Å². The number of hydrogen-bond acceptors (Lipinski definition) is 6. The number of methoxy groups -OCH3 is 1. The Balaban J connectivity index is 1.62. The van der Waals surface area contributed by atoms with E-state index < -0.39 is 5.97 Å². The number of esters is 1. The molecule has 0 spiro atoms. The van der Waals surface area contributed by atoms with Gasteiger partial charge in [0.15, 0.2) is 11.5 Å². The molecule has 1 N–H and O–H groups in total. The number of nitrogens with one attached hydrogen (secondary N) is 1. The SMILES string of the molecule is CCCCOc1ccc(C(=O)Oc2ccc(/C=N\NC(=O)c3ccccc3I)cc2OC)cc1. The van der Waals surface area contributed by atoms with Crippen molar-refractivity contribution < 1.29 is 23.8 Å². The maximum atomic E-state index is 12.6. The van der Waals surface area contributed by atoms with Crippen LogP contribution in [0.4, 0.5) is 0 Å². The summed E-state index contributed by atoms with van der Waals surface area (Å²) in [5.74, 6) is 0.530. The highest BCUT2D eigenvalue weighted by Gasteiger charge is 2.13. The van der Waals surface area contributed by atoms with E-state index in [9.17, 15) is 9.59 Å². The standard InChI is InChI=1S/C26H25IN2O5/c1-3-4-15-33-20-12-10-19(11-13-20)26(31)34-23-14-9-18(16-24(23)32-2)17-28-29-25(30)21-7-5-6-8-22(21)27/h5-14,16-17H,3-4,15H2,1-2H3,(H,29,30)/b28-17-. The van der Waals surface area contributed by atoms with Gasteiger partial charge in [0, 0.05) is 3.57 Å². The molecule has 0 saturated carbocycles. The molecule has 0 aliphatic rings.